The van der Waals surface area contributed by atoms with Crippen molar-refractivity contribution in [3.05, 3.63) is 29.3 Å². The maximum absolute atomic E-state index is 9.97. The van der Waals surface area contributed by atoms with Crippen LogP contribution in [0.4, 0.5) is 0 Å². The van der Waals surface area contributed by atoms with Gasteiger partial charge in [0.25, 0.3) is 0 Å². The van der Waals surface area contributed by atoms with Gasteiger partial charge in [0.2, 0.25) is 0 Å². The Morgan fingerprint density at radius 1 is 1.06 bits per heavy atom. The topological polar surface area (TPSA) is 20.2 Å². The van der Waals surface area contributed by atoms with Crippen LogP contribution in [-0.2, 0) is 10.8 Å². The lowest BCUT2D eigenvalue weighted by Crippen LogP contribution is -2.19. The second-order valence-corrected chi connectivity index (χ2v) is 6.62. The van der Waals surface area contributed by atoms with Gasteiger partial charge in [-0.2, -0.15) is 0 Å². The molecule has 1 aromatic rings. The number of benzene rings is 1. The van der Waals surface area contributed by atoms with E-state index in [1.54, 1.807) is 0 Å². The van der Waals surface area contributed by atoms with Crippen molar-refractivity contribution in [3.63, 3.8) is 0 Å². The first-order chi connectivity index (χ1) is 7.68. The lowest BCUT2D eigenvalue weighted by molar-refractivity contribution is 0.439. The fourth-order valence-corrected chi connectivity index (χ4v) is 2.33. The molecular weight excluding hydrogens is 208 g/mol. The van der Waals surface area contributed by atoms with E-state index in [0.29, 0.717) is 5.75 Å². The zero-order valence-electron chi connectivity index (χ0n) is 12.1. The van der Waals surface area contributed by atoms with Gasteiger partial charge in [0.05, 0.1) is 0 Å². The van der Waals surface area contributed by atoms with E-state index in [2.05, 4.69) is 53.7 Å². The normalized spacial score (nSPS) is 12.8. The van der Waals surface area contributed by atoms with Gasteiger partial charge in [0, 0.05) is 0 Å². The summed E-state index contributed by atoms with van der Waals surface area (Å²) in [5.41, 5.74) is 2.53. The molecule has 0 spiro atoms. The minimum Gasteiger partial charge on any atom is -0.508 e. The third kappa shape index (κ3) is 3.24. The van der Waals surface area contributed by atoms with Crippen molar-refractivity contribution in [3.8, 4) is 5.75 Å². The Bertz CT molecular complexity index is 383. The lowest BCUT2D eigenvalue weighted by Gasteiger charge is -2.28. The van der Waals surface area contributed by atoms with Gasteiger partial charge in [0.1, 0.15) is 5.75 Å². The first kappa shape index (κ1) is 14.1. The molecule has 0 unspecified atom stereocenters. The van der Waals surface area contributed by atoms with Crippen LogP contribution in [0.2, 0.25) is 0 Å². The van der Waals surface area contributed by atoms with Crippen LogP contribution in [0.1, 0.15) is 65.5 Å². The van der Waals surface area contributed by atoms with Gasteiger partial charge in [-0.15, -0.1) is 0 Å². The summed E-state index contributed by atoms with van der Waals surface area (Å²) in [5.74, 6) is 0.411. The molecule has 0 bridgehead atoms. The van der Waals surface area contributed by atoms with Crippen LogP contribution in [-0.4, -0.2) is 5.11 Å². The Morgan fingerprint density at radius 3 is 2.12 bits per heavy atom. The smallest absolute Gasteiger partial charge is 0.119 e. The summed E-state index contributed by atoms with van der Waals surface area (Å²) in [6.07, 6.45) is 2.35. The highest BCUT2D eigenvalue weighted by Gasteiger charge is 2.24. The number of hydrogen-bond acceptors (Lipinski definition) is 1. The molecule has 0 aliphatic rings. The highest BCUT2D eigenvalue weighted by molar-refractivity contribution is 5.42. The summed E-state index contributed by atoms with van der Waals surface area (Å²) in [7, 11) is 0. The minimum atomic E-state index is -0.0115. The number of aromatic hydroxyl groups is 1. The van der Waals surface area contributed by atoms with Crippen LogP contribution >= 0.6 is 0 Å². The molecule has 1 N–H and O–H groups in total. The second-order valence-electron chi connectivity index (χ2n) is 6.62. The van der Waals surface area contributed by atoms with Crippen LogP contribution in [0.3, 0.4) is 0 Å². The standard InChI is InChI=1S/C16H26O/c1-7-10-16(5,6)12-8-9-14(17)13(11-12)15(2,3)4/h8-9,11,17H,7,10H2,1-6H3. The highest BCUT2D eigenvalue weighted by Crippen LogP contribution is 2.36. The van der Waals surface area contributed by atoms with E-state index in [1.807, 2.05) is 6.07 Å². The highest BCUT2D eigenvalue weighted by atomic mass is 16.3. The van der Waals surface area contributed by atoms with Gasteiger partial charge in [-0.3, -0.25) is 0 Å². The average Bonchev–Trinajstić information content (AvgIpc) is 2.15. The summed E-state index contributed by atoms with van der Waals surface area (Å²) in [4.78, 5) is 0. The predicted molar refractivity (Wildman–Crippen MR) is 74.7 cm³/mol. The van der Waals surface area contributed by atoms with E-state index in [1.165, 1.54) is 18.4 Å². The third-order valence-corrected chi connectivity index (χ3v) is 3.46. The Hall–Kier alpha value is -0.980. The molecule has 0 aliphatic carbocycles. The molecule has 0 radical (unpaired) electrons. The Balaban J connectivity index is 3.22. The van der Waals surface area contributed by atoms with E-state index < -0.39 is 0 Å². The van der Waals surface area contributed by atoms with Crippen molar-refractivity contribution in [2.45, 2.75) is 65.2 Å². The van der Waals surface area contributed by atoms with Crippen molar-refractivity contribution in [2.75, 3.05) is 0 Å². The van der Waals surface area contributed by atoms with Crippen molar-refractivity contribution < 1.29 is 5.11 Å². The Morgan fingerprint density at radius 2 is 1.65 bits per heavy atom. The molecule has 0 aliphatic heterocycles. The summed E-state index contributed by atoms with van der Waals surface area (Å²) in [6, 6.07) is 6.07. The zero-order valence-corrected chi connectivity index (χ0v) is 12.1. The summed E-state index contributed by atoms with van der Waals surface area (Å²) < 4.78 is 0. The van der Waals surface area contributed by atoms with Gasteiger partial charge in [-0.25, -0.2) is 0 Å². The summed E-state index contributed by atoms with van der Waals surface area (Å²) in [5, 5.41) is 9.97. The molecule has 0 aromatic heterocycles. The molecule has 1 rings (SSSR count). The molecule has 0 saturated heterocycles. The van der Waals surface area contributed by atoms with Crippen molar-refractivity contribution in [1.82, 2.24) is 0 Å². The first-order valence-electron chi connectivity index (χ1n) is 6.52. The quantitative estimate of drug-likeness (QED) is 0.799. The van der Waals surface area contributed by atoms with E-state index >= 15 is 0 Å². The number of phenols is 1. The summed E-state index contributed by atoms with van der Waals surface area (Å²) in [6.45, 7) is 13.2. The fraction of sp³-hybridized carbons (Fsp3) is 0.625. The van der Waals surface area contributed by atoms with Crippen molar-refractivity contribution in [1.29, 1.82) is 0 Å². The molecule has 0 saturated carbocycles. The van der Waals surface area contributed by atoms with Crippen LogP contribution in [0.5, 0.6) is 5.75 Å². The monoisotopic (exact) mass is 234 g/mol. The fourth-order valence-electron chi connectivity index (χ4n) is 2.33. The molecule has 0 heterocycles. The maximum Gasteiger partial charge on any atom is 0.119 e. The minimum absolute atomic E-state index is 0.0115. The SMILES string of the molecule is CCCC(C)(C)c1ccc(O)c(C(C)(C)C)c1. The molecular formula is C16H26O. The molecule has 0 fully saturated rings. The van der Waals surface area contributed by atoms with Crippen molar-refractivity contribution in [2.24, 2.45) is 0 Å². The van der Waals surface area contributed by atoms with Crippen LogP contribution in [0.25, 0.3) is 0 Å². The molecule has 1 heteroatoms. The van der Waals surface area contributed by atoms with Gasteiger partial charge >= 0.3 is 0 Å². The van der Waals surface area contributed by atoms with Gasteiger partial charge in [0.15, 0.2) is 0 Å². The zero-order chi connectivity index (χ0) is 13.3. The van der Waals surface area contributed by atoms with Crippen molar-refractivity contribution >= 4 is 0 Å². The van der Waals surface area contributed by atoms with Crippen LogP contribution in [0, 0.1) is 0 Å². The molecule has 0 atom stereocenters. The van der Waals surface area contributed by atoms with Crippen LogP contribution < -0.4 is 0 Å². The van der Waals surface area contributed by atoms with Gasteiger partial charge in [-0.05, 0) is 34.4 Å². The Labute approximate surface area is 106 Å². The van der Waals surface area contributed by atoms with Gasteiger partial charge < -0.3 is 5.11 Å². The predicted octanol–water partition coefficient (Wildman–Crippen LogP) is 4.77. The Kier molecular flexibility index (Phi) is 3.91. The van der Waals surface area contributed by atoms with E-state index in [0.717, 1.165) is 5.56 Å². The van der Waals surface area contributed by atoms with Gasteiger partial charge in [-0.1, -0.05) is 60.1 Å². The van der Waals surface area contributed by atoms with Crippen LogP contribution in [0.15, 0.2) is 18.2 Å². The molecule has 0 amide bonds. The second kappa shape index (κ2) is 4.72. The summed E-state index contributed by atoms with van der Waals surface area (Å²) >= 11 is 0. The van der Waals surface area contributed by atoms with E-state index in [4.69, 9.17) is 0 Å². The number of phenolic OH excluding ortho intramolecular Hbond substituents is 1. The van der Waals surface area contributed by atoms with E-state index in [9.17, 15) is 5.11 Å². The molecule has 96 valence electrons. The third-order valence-electron chi connectivity index (χ3n) is 3.46. The largest absolute Gasteiger partial charge is 0.508 e. The number of hydrogen-bond donors (Lipinski definition) is 1. The maximum atomic E-state index is 9.97. The number of rotatable bonds is 3. The average molecular weight is 234 g/mol. The first-order valence-corrected chi connectivity index (χ1v) is 6.52. The lowest BCUT2D eigenvalue weighted by atomic mass is 9.77. The molecule has 1 nitrogen and oxygen atoms in total. The van der Waals surface area contributed by atoms with E-state index in [-0.39, 0.29) is 10.8 Å². The molecule has 17 heavy (non-hydrogen) atoms. The molecule has 1 aromatic carbocycles.